The van der Waals surface area contributed by atoms with Gasteiger partial charge < -0.3 is 20.5 Å². The molecule has 110 valence electrons. The number of nitrogens with two attached hydrogens (primary N) is 1. The van der Waals surface area contributed by atoms with Crippen LogP contribution in [0.5, 0.6) is 11.5 Å². The summed E-state index contributed by atoms with van der Waals surface area (Å²) in [4.78, 5) is 11.8. The number of hydrogen-bond acceptors (Lipinski definition) is 4. The Bertz CT molecular complexity index is 614. The molecule has 0 heterocycles. The Balaban J connectivity index is 1.82. The monoisotopic (exact) mass is 286 g/mol. The van der Waals surface area contributed by atoms with Gasteiger partial charge in [-0.2, -0.15) is 0 Å². The molecule has 0 unspecified atom stereocenters. The molecule has 21 heavy (non-hydrogen) atoms. The van der Waals surface area contributed by atoms with Crippen LogP contribution in [-0.2, 0) is 11.3 Å². The van der Waals surface area contributed by atoms with Gasteiger partial charge in [-0.05, 0) is 18.2 Å². The smallest absolute Gasteiger partial charge is 0.258 e. The number of benzene rings is 2. The Morgan fingerprint density at radius 1 is 1.19 bits per heavy atom. The number of amides is 1. The molecule has 0 aliphatic heterocycles. The van der Waals surface area contributed by atoms with Crippen molar-refractivity contribution in [2.24, 2.45) is 0 Å². The fourth-order valence-corrected chi connectivity index (χ4v) is 1.85. The van der Waals surface area contributed by atoms with Gasteiger partial charge in [-0.15, -0.1) is 0 Å². The second-order valence-corrected chi connectivity index (χ2v) is 4.45. The van der Waals surface area contributed by atoms with Crippen LogP contribution in [0.15, 0.2) is 48.5 Å². The highest BCUT2D eigenvalue weighted by Crippen LogP contribution is 2.17. The molecular weight excluding hydrogens is 268 g/mol. The van der Waals surface area contributed by atoms with E-state index in [1.807, 2.05) is 24.3 Å². The van der Waals surface area contributed by atoms with Gasteiger partial charge in [0.15, 0.2) is 6.61 Å². The molecule has 0 aliphatic rings. The van der Waals surface area contributed by atoms with Crippen molar-refractivity contribution >= 4 is 11.6 Å². The van der Waals surface area contributed by atoms with Crippen molar-refractivity contribution in [1.82, 2.24) is 5.32 Å². The van der Waals surface area contributed by atoms with Crippen molar-refractivity contribution in [2.75, 3.05) is 19.5 Å². The Hall–Kier alpha value is -2.69. The number of ether oxygens (including phenoxy) is 2. The fourth-order valence-electron chi connectivity index (χ4n) is 1.85. The fraction of sp³-hybridized carbons (Fsp3) is 0.188. The number of nitrogens with one attached hydrogen (secondary N) is 1. The molecule has 0 radical (unpaired) electrons. The minimum atomic E-state index is -0.205. The van der Waals surface area contributed by atoms with Crippen LogP contribution in [0.1, 0.15) is 5.56 Å². The number of nitrogen functional groups attached to an aromatic ring is 1. The molecule has 2 aromatic carbocycles. The molecule has 0 saturated carbocycles. The summed E-state index contributed by atoms with van der Waals surface area (Å²) in [5, 5.41) is 2.78. The SMILES string of the molecule is COc1ccccc1CNC(=O)COc1cccc(N)c1. The van der Waals surface area contributed by atoms with Crippen LogP contribution >= 0.6 is 0 Å². The molecule has 0 aliphatic carbocycles. The largest absolute Gasteiger partial charge is 0.496 e. The van der Waals surface area contributed by atoms with Crippen LogP contribution in [0.4, 0.5) is 5.69 Å². The molecule has 3 N–H and O–H groups in total. The van der Waals surface area contributed by atoms with Gasteiger partial charge in [-0.1, -0.05) is 24.3 Å². The highest BCUT2D eigenvalue weighted by Gasteiger charge is 2.06. The molecule has 0 atom stereocenters. The number of para-hydroxylation sites is 1. The van der Waals surface area contributed by atoms with Gasteiger partial charge in [0.05, 0.1) is 7.11 Å². The summed E-state index contributed by atoms with van der Waals surface area (Å²) in [6.07, 6.45) is 0. The summed E-state index contributed by atoms with van der Waals surface area (Å²) < 4.78 is 10.6. The molecule has 2 rings (SSSR count). The van der Waals surface area contributed by atoms with E-state index >= 15 is 0 Å². The van der Waals surface area contributed by atoms with E-state index in [9.17, 15) is 4.79 Å². The van der Waals surface area contributed by atoms with E-state index in [2.05, 4.69) is 5.32 Å². The van der Waals surface area contributed by atoms with E-state index in [-0.39, 0.29) is 12.5 Å². The predicted octanol–water partition coefficient (Wildman–Crippen LogP) is 1.97. The van der Waals surface area contributed by atoms with Gasteiger partial charge >= 0.3 is 0 Å². The summed E-state index contributed by atoms with van der Waals surface area (Å²) in [6, 6.07) is 14.5. The van der Waals surface area contributed by atoms with Crippen LogP contribution in [0.2, 0.25) is 0 Å². The van der Waals surface area contributed by atoms with Crippen molar-refractivity contribution in [1.29, 1.82) is 0 Å². The quantitative estimate of drug-likeness (QED) is 0.796. The second kappa shape index (κ2) is 7.19. The lowest BCUT2D eigenvalue weighted by atomic mass is 10.2. The Morgan fingerprint density at radius 2 is 2.00 bits per heavy atom. The summed E-state index contributed by atoms with van der Waals surface area (Å²) in [5.74, 6) is 1.11. The minimum Gasteiger partial charge on any atom is -0.496 e. The molecule has 5 nitrogen and oxygen atoms in total. The Kier molecular flexibility index (Phi) is 5.04. The lowest BCUT2D eigenvalue weighted by Gasteiger charge is -2.10. The molecule has 0 aromatic heterocycles. The van der Waals surface area contributed by atoms with Crippen LogP contribution in [0.3, 0.4) is 0 Å². The lowest BCUT2D eigenvalue weighted by molar-refractivity contribution is -0.123. The average molecular weight is 286 g/mol. The van der Waals surface area contributed by atoms with Crippen molar-refractivity contribution in [2.45, 2.75) is 6.54 Å². The second-order valence-electron chi connectivity index (χ2n) is 4.45. The van der Waals surface area contributed by atoms with Gasteiger partial charge in [0, 0.05) is 23.9 Å². The standard InChI is InChI=1S/C16H18N2O3/c1-20-15-8-3-2-5-12(15)10-18-16(19)11-21-14-7-4-6-13(17)9-14/h2-9H,10-11,17H2,1H3,(H,18,19). The Labute approximate surface area is 123 Å². The minimum absolute atomic E-state index is 0.0569. The topological polar surface area (TPSA) is 73.6 Å². The zero-order valence-corrected chi connectivity index (χ0v) is 11.8. The maximum absolute atomic E-state index is 11.8. The first kappa shape index (κ1) is 14.7. The van der Waals surface area contributed by atoms with Crippen molar-refractivity contribution < 1.29 is 14.3 Å². The zero-order chi connectivity index (χ0) is 15.1. The third-order valence-corrected chi connectivity index (χ3v) is 2.90. The number of rotatable bonds is 6. The molecule has 0 saturated heterocycles. The number of carbonyl (C=O) groups is 1. The molecule has 0 spiro atoms. The van der Waals surface area contributed by atoms with Crippen LogP contribution in [-0.4, -0.2) is 19.6 Å². The summed E-state index contributed by atoms with van der Waals surface area (Å²) in [6.45, 7) is 0.335. The van der Waals surface area contributed by atoms with E-state index in [0.717, 1.165) is 11.3 Å². The Morgan fingerprint density at radius 3 is 2.76 bits per heavy atom. The van der Waals surface area contributed by atoms with Crippen LogP contribution < -0.4 is 20.5 Å². The van der Waals surface area contributed by atoms with Gasteiger partial charge in [-0.25, -0.2) is 0 Å². The van der Waals surface area contributed by atoms with Gasteiger partial charge in [-0.3, -0.25) is 4.79 Å². The summed E-state index contributed by atoms with van der Waals surface area (Å²) in [5.41, 5.74) is 7.15. The summed E-state index contributed by atoms with van der Waals surface area (Å²) in [7, 11) is 1.60. The lowest BCUT2D eigenvalue weighted by Crippen LogP contribution is -2.28. The summed E-state index contributed by atoms with van der Waals surface area (Å²) >= 11 is 0. The normalized spacial score (nSPS) is 9.95. The number of anilines is 1. The van der Waals surface area contributed by atoms with E-state index in [1.165, 1.54) is 0 Å². The van der Waals surface area contributed by atoms with Gasteiger partial charge in [0.25, 0.3) is 5.91 Å². The third kappa shape index (κ3) is 4.42. The van der Waals surface area contributed by atoms with Crippen LogP contribution in [0.25, 0.3) is 0 Å². The molecule has 0 bridgehead atoms. The van der Waals surface area contributed by atoms with E-state index in [1.54, 1.807) is 31.4 Å². The van der Waals surface area contributed by atoms with E-state index in [4.69, 9.17) is 15.2 Å². The predicted molar refractivity (Wildman–Crippen MR) is 81.2 cm³/mol. The average Bonchev–Trinajstić information content (AvgIpc) is 2.51. The first-order chi connectivity index (χ1) is 10.2. The molecule has 1 amide bonds. The number of hydrogen-bond donors (Lipinski definition) is 2. The highest BCUT2D eigenvalue weighted by molar-refractivity contribution is 5.77. The first-order valence-electron chi connectivity index (χ1n) is 6.56. The van der Waals surface area contributed by atoms with Crippen LogP contribution in [0, 0.1) is 0 Å². The van der Waals surface area contributed by atoms with Crippen molar-refractivity contribution in [3.8, 4) is 11.5 Å². The highest BCUT2D eigenvalue weighted by atomic mass is 16.5. The maximum Gasteiger partial charge on any atom is 0.258 e. The zero-order valence-electron chi connectivity index (χ0n) is 11.8. The van der Waals surface area contributed by atoms with Gasteiger partial charge in [0.1, 0.15) is 11.5 Å². The third-order valence-electron chi connectivity index (χ3n) is 2.90. The van der Waals surface area contributed by atoms with Crippen molar-refractivity contribution in [3.63, 3.8) is 0 Å². The number of methoxy groups -OCH3 is 1. The van der Waals surface area contributed by atoms with Gasteiger partial charge in [0.2, 0.25) is 0 Å². The molecule has 0 fully saturated rings. The first-order valence-corrected chi connectivity index (χ1v) is 6.56. The molecule has 5 heteroatoms. The van der Waals surface area contributed by atoms with E-state index in [0.29, 0.717) is 18.0 Å². The molecule has 2 aromatic rings. The molecular formula is C16H18N2O3. The van der Waals surface area contributed by atoms with E-state index < -0.39 is 0 Å². The van der Waals surface area contributed by atoms with Crippen molar-refractivity contribution in [3.05, 3.63) is 54.1 Å². The number of carbonyl (C=O) groups excluding carboxylic acids is 1. The maximum atomic E-state index is 11.8.